The number of likely N-dealkylation sites (tertiary alicyclic amines) is 1. The van der Waals surface area contributed by atoms with Gasteiger partial charge in [0.05, 0.1) is 11.6 Å². The summed E-state index contributed by atoms with van der Waals surface area (Å²) in [6.45, 7) is 1.31. The summed E-state index contributed by atoms with van der Waals surface area (Å²) < 4.78 is 31.7. The van der Waals surface area contributed by atoms with Crippen molar-refractivity contribution in [3.05, 3.63) is 36.0 Å². The summed E-state index contributed by atoms with van der Waals surface area (Å²) >= 11 is 0. The molecule has 7 nitrogen and oxygen atoms in total. The highest BCUT2D eigenvalue weighted by Crippen LogP contribution is 2.21. The first-order chi connectivity index (χ1) is 12.1. The highest BCUT2D eigenvalue weighted by molar-refractivity contribution is 5.90. The molecule has 2 heterocycles. The molecular weight excluding hydrogens is 353 g/mol. The fourth-order valence-corrected chi connectivity index (χ4v) is 2.45. The molecule has 0 radical (unpaired) electrons. The molecule has 1 atom stereocenters. The molecule has 1 aromatic carbocycles. The van der Waals surface area contributed by atoms with Crippen molar-refractivity contribution < 1.29 is 27.9 Å². The maximum Gasteiger partial charge on any atom is 0.490 e. The first kappa shape index (κ1) is 19.4. The number of nitrogen functional groups attached to an aromatic ring is 1. The number of hydrogen-bond acceptors (Lipinski definition) is 5. The van der Waals surface area contributed by atoms with E-state index in [2.05, 4.69) is 4.98 Å². The van der Waals surface area contributed by atoms with Crippen molar-refractivity contribution in [1.29, 1.82) is 0 Å². The SMILES string of the molecule is Nc1ccnc2cc(CN3CCC(N)C3=O)ccc12.O=C(O)C(F)(F)F. The number of carbonyl (C=O) groups excluding carboxylic acids is 1. The molecule has 1 aliphatic heterocycles. The third-order valence-electron chi connectivity index (χ3n) is 3.80. The number of halogens is 3. The van der Waals surface area contributed by atoms with Crippen molar-refractivity contribution >= 4 is 28.5 Å². The van der Waals surface area contributed by atoms with Gasteiger partial charge >= 0.3 is 12.1 Å². The number of nitrogens with two attached hydrogens (primary N) is 2. The molecule has 0 spiro atoms. The van der Waals surface area contributed by atoms with Crippen LogP contribution in [0.3, 0.4) is 0 Å². The number of aromatic nitrogens is 1. The van der Waals surface area contributed by atoms with Crippen LogP contribution in [0.5, 0.6) is 0 Å². The molecule has 2 aromatic rings. The topological polar surface area (TPSA) is 123 Å². The van der Waals surface area contributed by atoms with Crippen LogP contribution in [0.15, 0.2) is 30.5 Å². The Morgan fingerprint density at radius 3 is 2.54 bits per heavy atom. The Morgan fingerprint density at radius 1 is 1.35 bits per heavy atom. The van der Waals surface area contributed by atoms with Crippen molar-refractivity contribution in [3.63, 3.8) is 0 Å². The summed E-state index contributed by atoms with van der Waals surface area (Å²) in [4.78, 5) is 26.8. The maximum absolute atomic E-state index is 11.8. The average molecular weight is 370 g/mol. The minimum Gasteiger partial charge on any atom is -0.475 e. The Labute approximate surface area is 146 Å². The van der Waals surface area contributed by atoms with Crippen LogP contribution in [0.25, 0.3) is 10.9 Å². The first-order valence-electron chi connectivity index (χ1n) is 7.57. The number of anilines is 1. The van der Waals surface area contributed by atoms with Crippen LogP contribution >= 0.6 is 0 Å². The molecule has 140 valence electrons. The van der Waals surface area contributed by atoms with Gasteiger partial charge in [0.2, 0.25) is 5.91 Å². The number of carboxylic acids is 1. The molecule has 0 bridgehead atoms. The molecule has 5 N–H and O–H groups in total. The molecule has 0 saturated carbocycles. The quantitative estimate of drug-likeness (QED) is 0.736. The number of hydrogen-bond donors (Lipinski definition) is 3. The van der Waals surface area contributed by atoms with E-state index < -0.39 is 12.1 Å². The van der Waals surface area contributed by atoms with Gasteiger partial charge in [0.1, 0.15) is 0 Å². The Bertz CT molecular complexity index is 826. The van der Waals surface area contributed by atoms with E-state index >= 15 is 0 Å². The number of aliphatic carboxylic acids is 1. The number of amides is 1. The van der Waals surface area contributed by atoms with E-state index in [1.807, 2.05) is 18.2 Å². The van der Waals surface area contributed by atoms with Gasteiger partial charge in [-0.25, -0.2) is 4.79 Å². The molecule has 1 saturated heterocycles. The van der Waals surface area contributed by atoms with Gasteiger partial charge in [-0.1, -0.05) is 12.1 Å². The Morgan fingerprint density at radius 2 is 2.00 bits per heavy atom. The lowest BCUT2D eigenvalue weighted by Gasteiger charge is -2.16. The van der Waals surface area contributed by atoms with Gasteiger partial charge in [-0.3, -0.25) is 9.78 Å². The second-order valence-electron chi connectivity index (χ2n) is 5.71. The largest absolute Gasteiger partial charge is 0.490 e. The fourth-order valence-electron chi connectivity index (χ4n) is 2.45. The lowest BCUT2D eigenvalue weighted by molar-refractivity contribution is -0.192. The van der Waals surface area contributed by atoms with Crippen LogP contribution in [0.2, 0.25) is 0 Å². The summed E-state index contributed by atoms with van der Waals surface area (Å²) in [5.74, 6) is -2.73. The second kappa shape index (κ2) is 7.56. The molecule has 1 unspecified atom stereocenters. The normalized spacial score (nSPS) is 17.2. The van der Waals surface area contributed by atoms with Crippen molar-refractivity contribution in [2.45, 2.75) is 25.2 Å². The highest BCUT2D eigenvalue weighted by Gasteiger charge is 2.38. The van der Waals surface area contributed by atoms with Gasteiger partial charge in [-0.2, -0.15) is 13.2 Å². The molecule has 10 heteroatoms. The van der Waals surface area contributed by atoms with Crippen LogP contribution in [0, 0.1) is 0 Å². The molecule has 0 aliphatic carbocycles. The summed E-state index contributed by atoms with van der Waals surface area (Å²) in [7, 11) is 0. The Balaban J connectivity index is 0.000000298. The van der Waals surface area contributed by atoms with Gasteiger partial charge in [-0.05, 0) is 24.1 Å². The number of pyridine rings is 1. The van der Waals surface area contributed by atoms with Crippen LogP contribution in [-0.4, -0.2) is 45.6 Å². The highest BCUT2D eigenvalue weighted by atomic mass is 19.4. The number of rotatable bonds is 2. The predicted octanol–water partition coefficient (Wildman–Crippen LogP) is 1.51. The maximum atomic E-state index is 11.8. The van der Waals surface area contributed by atoms with Crippen LogP contribution in [-0.2, 0) is 16.1 Å². The number of carbonyl (C=O) groups is 2. The van der Waals surface area contributed by atoms with Crippen molar-refractivity contribution in [2.24, 2.45) is 5.73 Å². The van der Waals surface area contributed by atoms with E-state index in [0.29, 0.717) is 6.54 Å². The lowest BCUT2D eigenvalue weighted by atomic mass is 10.1. The van der Waals surface area contributed by atoms with E-state index in [-0.39, 0.29) is 11.9 Å². The molecule has 3 rings (SSSR count). The molecule has 1 fully saturated rings. The van der Waals surface area contributed by atoms with E-state index in [9.17, 15) is 18.0 Å². The van der Waals surface area contributed by atoms with Crippen molar-refractivity contribution in [1.82, 2.24) is 9.88 Å². The standard InChI is InChI=1S/C14H16N4O.C2HF3O2/c15-11-3-5-17-13-7-9(1-2-10(11)13)8-18-6-4-12(16)14(18)19;3-2(4,5)1(6)7/h1-3,5,7,12H,4,6,8,16H2,(H2,15,17);(H,6,7). The van der Waals surface area contributed by atoms with Crippen LogP contribution in [0.1, 0.15) is 12.0 Å². The summed E-state index contributed by atoms with van der Waals surface area (Å²) in [5, 5.41) is 8.07. The van der Waals surface area contributed by atoms with Gasteiger partial charge in [0, 0.05) is 30.4 Å². The molecule has 1 aromatic heterocycles. The van der Waals surface area contributed by atoms with Crippen LogP contribution < -0.4 is 11.5 Å². The van der Waals surface area contributed by atoms with Gasteiger partial charge in [-0.15, -0.1) is 0 Å². The summed E-state index contributed by atoms with van der Waals surface area (Å²) in [5.41, 5.74) is 14.2. The number of benzene rings is 1. The second-order valence-corrected chi connectivity index (χ2v) is 5.71. The zero-order valence-electron chi connectivity index (χ0n) is 13.5. The first-order valence-corrected chi connectivity index (χ1v) is 7.57. The molecule has 1 amide bonds. The summed E-state index contributed by atoms with van der Waals surface area (Å²) in [6, 6.07) is 7.35. The number of nitrogens with zero attached hydrogens (tertiary/aromatic N) is 2. The van der Waals surface area contributed by atoms with Crippen LogP contribution in [0.4, 0.5) is 18.9 Å². The van der Waals surface area contributed by atoms with Crippen molar-refractivity contribution in [2.75, 3.05) is 12.3 Å². The number of fused-ring (bicyclic) bond motifs is 1. The van der Waals surface area contributed by atoms with Gasteiger partial charge < -0.3 is 21.5 Å². The Kier molecular flexibility index (Phi) is 5.66. The predicted molar refractivity (Wildman–Crippen MR) is 87.9 cm³/mol. The minimum atomic E-state index is -5.08. The Hall–Kier alpha value is -2.88. The number of carboxylic acid groups (broad SMARTS) is 1. The molecule has 1 aliphatic rings. The van der Waals surface area contributed by atoms with E-state index in [1.165, 1.54) is 0 Å². The van der Waals surface area contributed by atoms with Gasteiger partial charge in [0.25, 0.3) is 0 Å². The molecular formula is C16H17F3N4O3. The van der Waals surface area contributed by atoms with Crippen molar-refractivity contribution in [3.8, 4) is 0 Å². The molecule has 26 heavy (non-hydrogen) atoms. The van der Waals surface area contributed by atoms with Gasteiger partial charge in [0.15, 0.2) is 0 Å². The minimum absolute atomic E-state index is 0.0284. The zero-order chi connectivity index (χ0) is 19.5. The number of alkyl halides is 3. The third-order valence-corrected chi connectivity index (χ3v) is 3.80. The smallest absolute Gasteiger partial charge is 0.475 e. The van der Waals surface area contributed by atoms with E-state index in [1.54, 1.807) is 17.2 Å². The van der Waals surface area contributed by atoms with E-state index in [0.717, 1.165) is 35.1 Å². The summed E-state index contributed by atoms with van der Waals surface area (Å²) in [6.07, 6.45) is -2.66. The zero-order valence-corrected chi connectivity index (χ0v) is 13.5. The fraction of sp³-hybridized carbons (Fsp3) is 0.312. The monoisotopic (exact) mass is 370 g/mol. The average Bonchev–Trinajstić information content (AvgIpc) is 2.87. The third kappa shape index (κ3) is 4.60. The lowest BCUT2D eigenvalue weighted by Crippen LogP contribution is -2.33. The van der Waals surface area contributed by atoms with E-state index in [4.69, 9.17) is 21.4 Å².